The Kier molecular flexibility index (Phi) is 7.25. The summed E-state index contributed by atoms with van der Waals surface area (Å²) in [7, 11) is 1.62. The summed E-state index contributed by atoms with van der Waals surface area (Å²) in [6.45, 7) is 3.08. The highest BCUT2D eigenvalue weighted by molar-refractivity contribution is 5.82. The number of hydrogen-bond donors (Lipinski definition) is 2. The quantitative estimate of drug-likeness (QED) is 0.397. The van der Waals surface area contributed by atoms with Crippen molar-refractivity contribution in [2.24, 2.45) is 0 Å². The van der Waals surface area contributed by atoms with Crippen LogP contribution in [-0.4, -0.2) is 63.8 Å². The monoisotopic (exact) mass is 504 g/mol. The normalized spacial score (nSPS) is 15.4. The van der Waals surface area contributed by atoms with Crippen molar-refractivity contribution in [3.8, 4) is 0 Å². The SMILES string of the molecule is COCn1cc2cc(CC(CO)OC(=O)N3CCC(c4cc5ccccc5[nH]c4=O)CC3)cc(C)c2n1. The summed E-state index contributed by atoms with van der Waals surface area (Å²) >= 11 is 0. The molecule has 9 heteroatoms. The lowest BCUT2D eigenvalue weighted by atomic mass is 9.89. The van der Waals surface area contributed by atoms with Gasteiger partial charge in [-0.15, -0.1) is 0 Å². The van der Waals surface area contributed by atoms with Gasteiger partial charge < -0.3 is 24.5 Å². The number of aliphatic hydroxyl groups excluding tert-OH is 1. The third-order valence-electron chi connectivity index (χ3n) is 7.08. The average Bonchev–Trinajstić information content (AvgIpc) is 3.31. The number of aryl methyl sites for hydroxylation is 1. The molecule has 0 radical (unpaired) electrons. The number of hydrogen-bond acceptors (Lipinski definition) is 6. The Balaban J connectivity index is 1.21. The number of aliphatic hydroxyl groups is 1. The fraction of sp³-hybridized carbons (Fsp3) is 0.393. The first-order chi connectivity index (χ1) is 17.9. The van der Waals surface area contributed by atoms with Gasteiger partial charge in [0.2, 0.25) is 0 Å². The highest BCUT2D eigenvalue weighted by Gasteiger charge is 2.28. The lowest BCUT2D eigenvalue weighted by molar-refractivity contribution is 0.0291. The van der Waals surface area contributed by atoms with Crippen molar-refractivity contribution in [1.29, 1.82) is 0 Å². The van der Waals surface area contributed by atoms with Crippen molar-refractivity contribution >= 4 is 27.9 Å². The van der Waals surface area contributed by atoms with Crippen molar-refractivity contribution in [3.63, 3.8) is 0 Å². The van der Waals surface area contributed by atoms with E-state index in [1.807, 2.05) is 55.6 Å². The van der Waals surface area contributed by atoms with Crippen molar-refractivity contribution in [1.82, 2.24) is 19.7 Å². The Morgan fingerprint density at radius 2 is 1.97 bits per heavy atom. The molecule has 9 nitrogen and oxygen atoms in total. The van der Waals surface area contributed by atoms with Gasteiger partial charge in [0, 0.05) is 49.3 Å². The second-order valence-electron chi connectivity index (χ2n) is 9.73. The molecule has 2 N–H and O–H groups in total. The zero-order chi connectivity index (χ0) is 25.9. The number of piperidine rings is 1. The molecule has 2 aromatic carbocycles. The number of likely N-dealkylation sites (tertiary alicyclic amines) is 1. The highest BCUT2D eigenvalue weighted by atomic mass is 16.6. The number of para-hydroxylation sites is 1. The minimum Gasteiger partial charge on any atom is -0.443 e. The van der Waals surface area contributed by atoms with Crippen LogP contribution in [0.15, 0.2) is 53.5 Å². The lowest BCUT2D eigenvalue weighted by Gasteiger charge is -2.32. The Hall–Kier alpha value is -3.69. The molecule has 1 amide bonds. The van der Waals surface area contributed by atoms with Crippen molar-refractivity contribution in [2.75, 3.05) is 26.8 Å². The van der Waals surface area contributed by atoms with E-state index in [0.29, 0.717) is 39.1 Å². The van der Waals surface area contributed by atoms with Crippen molar-refractivity contribution in [3.05, 3.63) is 75.7 Å². The minimum atomic E-state index is -0.653. The molecule has 3 heterocycles. The van der Waals surface area contributed by atoms with E-state index < -0.39 is 12.2 Å². The molecule has 5 rings (SSSR count). The number of carbonyl (C=O) groups excluding carboxylic acids is 1. The summed E-state index contributed by atoms with van der Waals surface area (Å²) in [6.07, 6.45) is 2.59. The summed E-state index contributed by atoms with van der Waals surface area (Å²) in [5, 5.41) is 16.4. The van der Waals surface area contributed by atoms with Gasteiger partial charge in [0.05, 0.1) is 12.1 Å². The topological polar surface area (TPSA) is 110 Å². The Labute approximate surface area is 214 Å². The van der Waals surface area contributed by atoms with Gasteiger partial charge >= 0.3 is 6.09 Å². The van der Waals surface area contributed by atoms with E-state index in [2.05, 4.69) is 10.1 Å². The Bertz CT molecular complexity index is 1470. The number of H-pyrrole nitrogens is 1. The second kappa shape index (κ2) is 10.7. The van der Waals surface area contributed by atoms with E-state index in [9.17, 15) is 14.7 Å². The van der Waals surface area contributed by atoms with Gasteiger partial charge in [0.15, 0.2) is 0 Å². The third-order valence-corrected chi connectivity index (χ3v) is 7.08. The first-order valence-electron chi connectivity index (χ1n) is 12.6. The summed E-state index contributed by atoms with van der Waals surface area (Å²) in [5.41, 5.74) is 4.38. The smallest absolute Gasteiger partial charge is 0.410 e. The predicted molar refractivity (Wildman–Crippen MR) is 141 cm³/mol. The number of aromatic nitrogens is 3. The van der Waals surface area contributed by atoms with E-state index >= 15 is 0 Å². The Morgan fingerprint density at radius 1 is 1.19 bits per heavy atom. The van der Waals surface area contributed by atoms with E-state index in [-0.39, 0.29) is 18.1 Å². The van der Waals surface area contributed by atoms with Crippen LogP contribution in [0.5, 0.6) is 0 Å². The molecule has 1 unspecified atom stereocenters. The van der Waals surface area contributed by atoms with E-state index in [1.165, 1.54) is 0 Å². The number of nitrogens with zero attached hydrogens (tertiary/aromatic N) is 3. The number of rotatable bonds is 7. The molecule has 0 bridgehead atoms. The molecule has 1 fully saturated rings. The molecular formula is C28H32N4O5. The number of amides is 1. The zero-order valence-corrected chi connectivity index (χ0v) is 21.1. The minimum absolute atomic E-state index is 0.0694. The van der Waals surface area contributed by atoms with Crippen LogP contribution >= 0.6 is 0 Å². The molecule has 4 aromatic rings. The fourth-order valence-corrected chi connectivity index (χ4v) is 5.22. The number of fused-ring (bicyclic) bond motifs is 2. The van der Waals surface area contributed by atoms with E-state index in [0.717, 1.165) is 38.5 Å². The van der Waals surface area contributed by atoms with Gasteiger partial charge in [0.1, 0.15) is 12.8 Å². The van der Waals surface area contributed by atoms with Gasteiger partial charge in [-0.25, -0.2) is 9.48 Å². The number of nitrogens with one attached hydrogen (secondary N) is 1. The lowest BCUT2D eigenvalue weighted by Crippen LogP contribution is -2.41. The Morgan fingerprint density at radius 3 is 2.73 bits per heavy atom. The van der Waals surface area contributed by atoms with Crippen LogP contribution in [-0.2, 0) is 22.6 Å². The highest BCUT2D eigenvalue weighted by Crippen LogP contribution is 2.28. The molecule has 0 aliphatic carbocycles. The van der Waals surface area contributed by atoms with Crippen LogP contribution in [0.3, 0.4) is 0 Å². The van der Waals surface area contributed by atoms with E-state index in [4.69, 9.17) is 9.47 Å². The average molecular weight is 505 g/mol. The number of carbonyl (C=O) groups is 1. The maximum Gasteiger partial charge on any atom is 0.410 e. The number of ether oxygens (including phenoxy) is 2. The van der Waals surface area contributed by atoms with Gasteiger partial charge in [-0.05, 0) is 60.4 Å². The molecule has 194 valence electrons. The van der Waals surface area contributed by atoms with Crippen LogP contribution in [0.2, 0.25) is 0 Å². The van der Waals surface area contributed by atoms with Crippen LogP contribution in [0, 0.1) is 6.92 Å². The van der Waals surface area contributed by atoms with Crippen molar-refractivity contribution in [2.45, 2.75) is 44.9 Å². The van der Waals surface area contributed by atoms with Gasteiger partial charge in [-0.2, -0.15) is 5.10 Å². The van der Waals surface area contributed by atoms with Gasteiger partial charge in [0.25, 0.3) is 5.56 Å². The van der Waals surface area contributed by atoms with Gasteiger partial charge in [-0.1, -0.05) is 24.3 Å². The van der Waals surface area contributed by atoms with Crippen molar-refractivity contribution < 1.29 is 19.4 Å². The summed E-state index contributed by atoms with van der Waals surface area (Å²) < 4.78 is 12.6. The first-order valence-corrected chi connectivity index (χ1v) is 12.6. The maximum absolute atomic E-state index is 12.9. The van der Waals surface area contributed by atoms with Crippen LogP contribution in [0.4, 0.5) is 4.79 Å². The maximum atomic E-state index is 12.9. The molecule has 0 saturated carbocycles. The second-order valence-corrected chi connectivity index (χ2v) is 9.73. The summed E-state index contributed by atoms with van der Waals surface area (Å²) in [4.78, 5) is 30.2. The third kappa shape index (κ3) is 5.38. The first kappa shape index (κ1) is 25.0. The van der Waals surface area contributed by atoms with Crippen LogP contribution in [0.1, 0.15) is 35.4 Å². The van der Waals surface area contributed by atoms with Crippen LogP contribution in [0.25, 0.3) is 21.8 Å². The molecule has 1 aliphatic heterocycles. The molecule has 1 saturated heterocycles. The molecule has 1 atom stereocenters. The molecular weight excluding hydrogens is 472 g/mol. The fourth-order valence-electron chi connectivity index (χ4n) is 5.22. The molecule has 37 heavy (non-hydrogen) atoms. The van der Waals surface area contributed by atoms with Gasteiger partial charge in [-0.3, -0.25) is 4.79 Å². The summed E-state index contributed by atoms with van der Waals surface area (Å²) in [5.74, 6) is 0.0831. The number of methoxy groups -OCH3 is 1. The van der Waals surface area contributed by atoms with E-state index in [1.54, 1.807) is 16.7 Å². The summed E-state index contributed by atoms with van der Waals surface area (Å²) in [6, 6.07) is 13.7. The predicted octanol–water partition coefficient (Wildman–Crippen LogP) is 3.71. The molecule has 0 spiro atoms. The largest absolute Gasteiger partial charge is 0.443 e. The number of aromatic amines is 1. The molecule has 2 aromatic heterocycles. The molecule has 1 aliphatic rings. The standard InChI is InChI=1S/C28H32N4O5/c1-18-11-19(12-22-15-32(17-36-2)30-26(18)22)13-23(16-33)37-28(35)31-9-7-20(8-10-31)24-14-21-5-3-4-6-25(21)29-27(24)34/h3-6,11-12,14-15,20,23,33H,7-10,13,16-17H2,1-2H3,(H,29,34). The zero-order valence-electron chi connectivity index (χ0n) is 21.1. The van der Waals surface area contributed by atoms with Crippen LogP contribution < -0.4 is 5.56 Å². The number of pyridine rings is 1. The number of benzene rings is 2.